The van der Waals surface area contributed by atoms with Crippen molar-refractivity contribution in [1.29, 1.82) is 0 Å². The van der Waals surface area contributed by atoms with Crippen molar-refractivity contribution in [2.75, 3.05) is 11.0 Å². The standard InChI is InChI=1S/C42H34F4IN/c1-23-11-13-47-48-14-12-24(2)32-18-28(20-38(44)42(32)46)34-16-26-8-4-6-10-30(26)40(36(34)22-48)39-29-9-5-3-7-25(29)15-33(35(39)21-48)27-17-31(23)41(45)37(43)19-27/h3-10,15-20,23-24H,11-14,21-22H2,1-2H3. The molecule has 6 heteroatoms. The number of quaternary nitrogens is 1. The van der Waals surface area contributed by atoms with Gasteiger partial charge in [0.2, 0.25) is 0 Å². The Morgan fingerprint density at radius 3 is 1.60 bits per heavy atom. The molecule has 3 atom stereocenters. The third-order valence-corrected chi connectivity index (χ3v) is 14.8. The van der Waals surface area contributed by atoms with Crippen molar-refractivity contribution in [3.8, 4) is 33.4 Å². The number of hydrogen-bond acceptors (Lipinski definition) is 0. The van der Waals surface area contributed by atoms with Gasteiger partial charge in [-0.2, -0.15) is 0 Å². The summed E-state index contributed by atoms with van der Waals surface area (Å²) in [6.07, 6.45) is 1.48. The Bertz CT molecular complexity index is 2320. The Balaban J connectivity index is 1.50. The molecule has 1 spiro atoms. The molecule has 0 radical (unpaired) electrons. The second-order valence-corrected chi connectivity index (χ2v) is 17.8. The van der Waals surface area contributed by atoms with E-state index in [0.717, 1.165) is 88.1 Å². The van der Waals surface area contributed by atoms with E-state index in [1.165, 1.54) is 12.1 Å². The number of hydrogen-bond donors (Lipinski definition) is 0. The molecule has 0 aromatic heterocycles. The first kappa shape index (κ1) is 30.3. The molecule has 1 nitrogen and oxygen atoms in total. The van der Waals surface area contributed by atoms with Crippen molar-refractivity contribution >= 4 is 21.5 Å². The van der Waals surface area contributed by atoms with Crippen molar-refractivity contribution in [3.05, 3.63) is 130 Å². The second-order valence-electron chi connectivity index (χ2n) is 14.0. The van der Waals surface area contributed by atoms with E-state index in [0.29, 0.717) is 28.7 Å². The fraction of sp³-hybridized carbons (Fsp3) is 0.238. The SMILES string of the molecule is CC1CC[I-][N+]23CCC(C)c4cc(cc(F)c4F)-c4cc5ccccc5c(c4C2)-c2c(c(cc4ccccc24)-c2cc(F)c(F)c1c2)C3. The van der Waals surface area contributed by atoms with Gasteiger partial charge in [0.25, 0.3) is 0 Å². The van der Waals surface area contributed by atoms with E-state index in [4.69, 9.17) is 0 Å². The molecule has 0 amide bonds. The quantitative estimate of drug-likeness (QED) is 0.0633. The van der Waals surface area contributed by atoms with Crippen molar-refractivity contribution in [2.24, 2.45) is 0 Å². The Morgan fingerprint density at radius 1 is 0.604 bits per heavy atom. The van der Waals surface area contributed by atoms with Crippen LogP contribution in [-0.2, 0) is 13.1 Å². The third-order valence-electron chi connectivity index (χ3n) is 11.1. The van der Waals surface area contributed by atoms with Gasteiger partial charge < -0.3 is 0 Å². The van der Waals surface area contributed by atoms with E-state index in [2.05, 4.69) is 48.5 Å². The van der Waals surface area contributed by atoms with Crippen LogP contribution in [0.2, 0.25) is 0 Å². The first-order valence-corrected chi connectivity index (χ1v) is 19.3. The van der Waals surface area contributed by atoms with Gasteiger partial charge in [-0.15, -0.1) is 0 Å². The number of halogens is 5. The van der Waals surface area contributed by atoms with E-state index in [1.807, 2.05) is 38.1 Å². The van der Waals surface area contributed by atoms with Crippen LogP contribution in [0.3, 0.4) is 0 Å². The van der Waals surface area contributed by atoms with Gasteiger partial charge in [0.05, 0.1) is 0 Å². The summed E-state index contributed by atoms with van der Waals surface area (Å²) in [6, 6.07) is 27.6. The van der Waals surface area contributed by atoms with E-state index >= 15 is 17.6 Å². The molecule has 6 aromatic carbocycles. The molecular formula is C42H34F4IN. The van der Waals surface area contributed by atoms with Crippen LogP contribution in [0.1, 0.15) is 60.8 Å². The minimum atomic E-state index is -0.809. The van der Waals surface area contributed by atoms with E-state index in [9.17, 15) is 0 Å². The van der Waals surface area contributed by atoms with Crippen molar-refractivity contribution in [2.45, 2.75) is 51.6 Å². The second kappa shape index (κ2) is 11.1. The van der Waals surface area contributed by atoms with Crippen LogP contribution in [0.15, 0.2) is 84.9 Å². The van der Waals surface area contributed by atoms with Crippen LogP contribution in [-0.4, -0.2) is 13.7 Å². The first-order chi connectivity index (χ1) is 23.2. The zero-order chi connectivity index (χ0) is 32.9. The number of alkyl halides is 1. The van der Waals surface area contributed by atoms with Crippen molar-refractivity contribution < 1.29 is 41.7 Å². The van der Waals surface area contributed by atoms with Crippen molar-refractivity contribution in [3.63, 3.8) is 0 Å². The van der Waals surface area contributed by atoms with Crippen LogP contribution < -0.4 is 21.5 Å². The monoisotopic (exact) mass is 755 g/mol. The summed E-state index contributed by atoms with van der Waals surface area (Å²) >= 11 is -0.532. The molecule has 0 saturated heterocycles. The number of nitrogens with zero attached hydrogens (tertiary/aromatic N) is 1. The molecule has 3 aliphatic rings. The van der Waals surface area contributed by atoms with Crippen molar-refractivity contribution in [1.82, 2.24) is 0 Å². The first-order valence-electron chi connectivity index (χ1n) is 16.8. The summed E-state index contributed by atoms with van der Waals surface area (Å²) < 4.78 is 63.8. The predicted octanol–water partition coefficient (Wildman–Crippen LogP) is 8.40. The minimum absolute atomic E-state index is 0.132. The van der Waals surface area contributed by atoms with Gasteiger partial charge in [-0.3, -0.25) is 0 Å². The number of benzene rings is 6. The van der Waals surface area contributed by atoms with Crippen LogP contribution in [0.25, 0.3) is 54.9 Å². The van der Waals surface area contributed by atoms with E-state index < -0.39 is 44.7 Å². The summed E-state index contributed by atoms with van der Waals surface area (Å²) in [5.41, 5.74) is 8.72. The maximum atomic E-state index is 15.5. The molecule has 9 rings (SSSR count). The average molecular weight is 756 g/mol. The fourth-order valence-corrected chi connectivity index (χ4v) is 12.5. The van der Waals surface area contributed by atoms with Gasteiger partial charge in [0.1, 0.15) is 0 Å². The topological polar surface area (TPSA) is 0 Å². The molecule has 0 fully saturated rings. The van der Waals surface area contributed by atoms with Crippen LogP contribution in [0, 0.1) is 23.3 Å². The normalized spacial score (nSPS) is 21.6. The summed E-state index contributed by atoms with van der Waals surface area (Å²) in [5.74, 6) is -3.42. The Kier molecular flexibility index (Phi) is 7.04. The molecule has 0 N–H and O–H groups in total. The van der Waals surface area contributed by atoms with Gasteiger partial charge in [-0.05, 0) is 0 Å². The van der Waals surface area contributed by atoms with E-state index in [-0.39, 0.29) is 11.8 Å². The number of rotatable bonds is 0. The number of fused-ring (bicyclic) bond motifs is 11. The average Bonchev–Trinajstić information content (AvgIpc) is 3.24. The summed E-state index contributed by atoms with van der Waals surface area (Å²) in [5, 5.41) is 4.28. The van der Waals surface area contributed by atoms with Gasteiger partial charge >= 0.3 is 290 Å². The molecule has 0 saturated carbocycles. The molecular weight excluding hydrogens is 721 g/mol. The Labute approximate surface area is 288 Å². The van der Waals surface area contributed by atoms with Gasteiger partial charge in [-0.1, -0.05) is 0 Å². The zero-order valence-corrected chi connectivity index (χ0v) is 29.0. The van der Waals surface area contributed by atoms with Crippen LogP contribution >= 0.6 is 0 Å². The molecule has 0 aliphatic carbocycles. The van der Waals surface area contributed by atoms with Gasteiger partial charge in [0.15, 0.2) is 0 Å². The Hall–Kier alpha value is -3.75. The predicted molar refractivity (Wildman–Crippen MR) is 181 cm³/mol. The fourth-order valence-electron chi connectivity index (χ4n) is 8.50. The molecule has 7 bridgehead atoms. The van der Waals surface area contributed by atoms with Crippen LogP contribution in [0.5, 0.6) is 0 Å². The summed E-state index contributed by atoms with van der Waals surface area (Å²) in [7, 11) is 0. The zero-order valence-electron chi connectivity index (χ0n) is 26.8. The molecule has 6 aromatic rings. The van der Waals surface area contributed by atoms with E-state index in [1.54, 1.807) is 0 Å². The third kappa shape index (κ3) is 4.58. The molecule has 48 heavy (non-hydrogen) atoms. The van der Waals surface area contributed by atoms with Gasteiger partial charge in [0, 0.05) is 0 Å². The molecule has 3 aliphatic heterocycles. The Morgan fingerprint density at radius 2 is 1.08 bits per heavy atom. The molecule has 242 valence electrons. The van der Waals surface area contributed by atoms with Gasteiger partial charge in [-0.25, -0.2) is 0 Å². The van der Waals surface area contributed by atoms with Crippen LogP contribution in [0.4, 0.5) is 17.6 Å². The molecule has 3 heterocycles. The summed E-state index contributed by atoms with van der Waals surface area (Å²) in [6.45, 7) is 6.35. The maximum absolute atomic E-state index is 15.5. The summed E-state index contributed by atoms with van der Waals surface area (Å²) in [4.78, 5) is 0. The molecule has 3 unspecified atom stereocenters.